The van der Waals surface area contributed by atoms with Gasteiger partial charge in [0.25, 0.3) is 0 Å². The Kier molecular flexibility index (Phi) is 3.29. The van der Waals surface area contributed by atoms with E-state index in [2.05, 4.69) is 27.4 Å². The quantitative estimate of drug-likeness (QED) is 0.715. The van der Waals surface area contributed by atoms with Gasteiger partial charge in [-0.25, -0.2) is 9.97 Å². The Balaban J connectivity index is 1.66. The summed E-state index contributed by atoms with van der Waals surface area (Å²) in [6, 6.07) is 9.97. The molecule has 19 heavy (non-hydrogen) atoms. The Bertz CT molecular complexity index is 675. The normalized spacial score (nSPS) is 10.7. The van der Waals surface area contributed by atoms with E-state index in [0.29, 0.717) is 0 Å². The lowest BCUT2D eigenvalue weighted by Gasteiger charge is -2.06. The number of fused-ring (bicyclic) bond motifs is 1. The molecule has 1 aromatic carbocycles. The predicted molar refractivity (Wildman–Crippen MR) is 80.5 cm³/mol. The van der Waals surface area contributed by atoms with E-state index >= 15 is 0 Å². The molecule has 3 N–H and O–H groups in total. The number of aromatic nitrogens is 2. The van der Waals surface area contributed by atoms with Gasteiger partial charge in [-0.15, -0.1) is 11.3 Å². The average Bonchev–Trinajstić information content (AvgIpc) is 2.90. The lowest BCUT2D eigenvalue weighted by molar-refractivity contribution is 1.01. The van der Waals surface area contributed by atoms with Crippen LogP contribution in [0.3, 0.4) is 0 Å². The third-order valence-electron chi connectivity index (χ3n) is 2.93. The predicted octanol–water partition coefficient (Wildman–Crippen LogP) is 2.93. The monoisotopic (exact) mass is 270 g/mol. The van der Waals surface area contributed by atoms with Crippen molar-refractivity contribution in [3.63, 3.8) is 0 Å². The fourth-order valence-corrected chi connectivity index (χ4v) is 2.74. The van der Waals surface area contributed by atoms with E-state index in [9.17, 15) is 0 Å². The second-order valence-electron chi connectivity index (χ2n) is 4.28. The molecule has 0 unspecified atom stereocenters. The van der Waals surface area contributed by atoms with E-state index in [1.165, 1.54) is 5.56 Å². The standard InChI is InChI=1S/C14H14N4S/c15-11-3-1-10(2-4-11)5-7-16-14-13-12(6-8-19-13)17-9-18-14/h1-4,6,8-9H,5,7,15H2,(H,16,17,18). The molecule has 0 saturated heterocycles. The highest BCUT2D eigenvalue weighted by Gasteiger charge is 2.03. The smallest absolute Gasteiger partial charge is 0.147 e. The summed E-state index contributed by atoms with van der Waals surface area (Å²) in [6.07, 6.45) is 2.54. The fraction of sp³-hybridized carbons (Fsp3) is 0.143. The second-order valence-corrected chi connectivity index (χ2v) is 5.19. The van der Waals surface area contributed by atoms with Crippen LogP contribution in [-0.4, -0.2) is 16.5 Å². The highest BCUT2D eigenvalue weighted by Crippen LogP contribution is 2.24. The van der Waals surface area contributed by atoms with Crippen molar-refractivity contribution in [3.8, 4) is 0 Å². The Morgan fingerprint density at radius 2 is 1.95 bits per heavy atom. The van der Waals surface area contributed by atoms with Gasteiger partial charge in [0.1, 0.15) is 12.1 Å². The van der Waals surface area contributed by atoms with Gasteiger partial charge in [-0.05, 0) is 35.6 Å². The van der Waals surface area contributed by atoms with Gasteiger partial charge in [-0.3, -0.25) is 0 Å². The van der Waals surface area contributed by atoms with Gasteiger partial charge in [0.05, 0.1) is 10.2 Å². The van der Waals surface area contributed by atoms with Gasteiger partial charge < -0.3 is 11.1 Å². The number of nitrogens with zero attached hydrogens (tertiary/aromatic N) is 2. The minimum Gasteiger partial charge on any atom is -0.399 e. The van der Waals surface area contributed by atoms with Crippen LogP contribution in [0.1, 0.15) is 5.56 Å². The third kappa shape index (κ3) is 2.66. The van der Waals surface area contributed by atoms with E-state index in [4.69, 9.17) is 5.73 Å². The molecular weight excluding hydrogens is 256 g/mol. The van der Waals surface area contributed by atoms with Crippen LogP contribution in [0, 0.1) is 0 Å². The molecule has 5 heteroatoms. The van der Waals surface area contributed by atoms with Gasteiger partial charge in [-0.1, -0.05) is 12.1 Å². The molecule has 96 valence electrons. The Hall–Kier alpha value is -2.14. The average molecular weight is 270 g/mol. The van der Waals surface area contributed by atoms with E-state index in [0.717, 1.165) is 34.7 Å². The topological polar surface area (TPSA) is 63.8 Å². The van der Waals surface area contributed by atoms with Gasteiger partial charge in [0.15, 0.2) is 0 Å². The molecule has 0 bridgehead atoms. The van der Waals surface area contributed by atoms with Crippen LogP contribution in [0.15, 0.2) is 42.0 Å². The van der Waals surface area contributed by atoms with E-state index < -0.39 is 0 Å². The lowest BCUT2D eigenvalue weighted by Crippen LogP contribution is -2.06. The van der Waals surface area contributed by atoms with Gasteiger partial charge in [-0.2, -0.15) is 0 Å². The maximum absolute atomic E-state index is 5.67. The zero-order valence-corrected chi connectivity index (χ0v) is 11.2. The Morgan fingerprint density at radius 3 is 2.79 bits per heavy atom. The number of hydrogen-bond acceptors (Lipinski definition) is 5. The minimum atomic E-state index is 0.799. The van der Waals surface area contributed by atoms with Crippen LogP contribution in [0.25, 0.3) is 10.2 Å². The van der Waals surface area contributed by atoms with Crippen molar-refractivity contribution in [1.82, 2.24) is 9.97 Å². The molecule has 0 aliphatic rings. The van der Waals surface area contributed by atoms with Gasteiger partial charge >= 0.3 is 0 Å². The zero-order chi connectivity index (χ0) is 13.1. The van der Waals surface area contributed by atoms with Crippen LogP contribution in [0.5, 0.6) is 0 Å². The largest absolute Gasteiger partial charge is 0.399 e. The molecule has 0 atom stereocenters. The van der Waals surface area contributed by atoms with Crippen LogP contribution in [0.2, 0.25) is 0 Å². The number of thiophene rings is 1. The first-order chi connectivity index (χ1) is 9.33. The summed E-state index contributed by atoms with van der Waals surface area (Å²) in [5.74, 6) is 0.912. The summed E-state index contributed by atoms with van der Waals surface area (Å²) in [7, 11) is 0. The number of benzene rings is 1. The summed E-state index contributed by atoms with van der Waals surface area (Å²) < 4.78 is 1.11. The number of nitrogens with two attached hydrogens (primary N) is 1. The van der Waals surface area contributed by atoms with Crippen molar-refractivity contribution in [2.45, 2.75) is 6.42 Å². The highest BCUT2D eigenvalue weighted by molar-refractivity contribution is 7.17. The first-order valence-electron chi connectivity index (χ1n) is 6.09. The summed E-state index contributed by atoms with van der Waals surface area (Å²) in [5.41, 5.74) is 8.72. The number of rotatable bonds is 4. The molecule has 0 spiro atoms. The SMILES string of the molecule is Nc1ccc(CCNc2ncnc3ccsc23)cc1. The summed E-state index contributed by atoms with van der Waals surface area (Å²) in [6.45, 7) is 0.841. The van der Waals surface area contributed by atoms with E-state index in [1.807, 2.05) is 23.6 Å². The molecular formula is C14H14N4S. The lowest BCUT2D eigenvalue weighted by atomic mass is 10.1. The number of anilines is 2. The first-order valence-corrected chi connectivity index (χ1v) is 6.97. The molecule has 4 nitrogen and oxygen atoms in total. The molecule has 0 fully saturated rings. The Labute approximate surface area is 115 Å². The first kappa shape index (κ1) is 11.9. The molecule has 0 radical (unpaired) electrons. The molecule has 2 aromatic heterocycles. The molecule has 2 heterocycles. The van der Waals surface area contributed by atoms with Crippen molar-refractivity contribution < 1.29 is 0 Å². The summed E-state index contributed by atoms with van der Waals surface area (Å²) in [5, 5.41) is 5.40. The number of hydrogen-bond donors (Lipinski definition) is 2. The van der Waals surface area contributed by atoms with Crippen LogP contribution in [-0.2, 0) is 6.42 Å². The molecule has 0 amide bonds. The maximum Gasteiger partial charge on any atom is 0.147 e. The van der Waals surface area contributed by atoms with Crippen molar-refractivity contribution >= 4 is 33.1 Å². The molecule has 0 saturated carbocycles. The Morgan fingerprint density at radius 1 is 1.11 bits per heavy atom. The summed E-state index contributed by atoms with van der Waals surface area (Å²) >= 11 is 1.66. The maximum atomic E-state index is 5.67. The second kappa shape index (κ2) is 5.24. The van der Waals surface area contributed by atoms with E-state index in [-0.39, 0.29) is 0 Å². The van der Waals surface area contributed by atoms with Gasteiger partial charge in [0.2, 0.25) is 0 Å². The van der Waals surface area contributed by atoms with E-state index in [1.54, 1.807) is 17.7 Å². The highest BCUT2D eigenvalue weighted by atomic mass is 32.1. The molecule has 0 aliphatic heterocycles. The number of nitrogen functional groups attached to an aromatic ring is 1. The number of nitrogens with one attached hydrogen (secondary N) is 1. The van der Waals surface area contributed by atoms with Crippen molar-refractivity contribution in [1.29, 1.82) is 0 Å². The fourth-order valence-electron chi connectivity index (χ4n) is 1.92. The van der Waals surface area contributed by atoms with Gasteiger partial charge in [0, 0.05) is 12.2 Å². The summed E-state index contributed by atoms with van der Waals surface area (Å²) in [4.78, 5) is 8.52. The van der Waals surface area contributed by atoms with Crippen LogP contribution >= 0.6 is 11.3 Å². The van der Waals surface area contributed by atoms with Crippen molar-refractivity contribution in [2.75, 3.05) is 17.6 Å². The third-order valence-corrected chi connectivity index (χ3v) is 3.84. The zero-order valence-electron chi connectivity index (χ0n) is 10.3. The molecule has 0 aliphatic carbocycles. The molecule has 3 rings (SSSR count). The molecule has 3 aromatic rings. The minimum absolute atomic E-state index is 0.799. The van der Waals surface area contributed by atoms with Crippen molar-refractivity contribution in [2.24, 2.45) is 0 Å². The van der Waals surface area contributed by atoms with Crippen molar-refractivity contribution in [3.05, 3.63) is 47.6 Å². The van der Waals surface area contributed by atoms with Crippen LogP contribution < -0.4 is 11.1 Å². The van der Waals surface area contributed by atoms with Crippen LogP contribution in [0.4, 0.5) is 11.5 Å².